The van der Waals surface area contributed by atoms with E-state index in [1.807, 2.05) is 31.2 Å². The third-order valence-corrected chi connectivity index (χ3v) is 4.72. The summed E-state index contributed by atoms with van der Waals surface area (Å²) >= 11 is 0. The lowest BCUT2D eigenvalue weighted by Crippen LogP contribution is -2.36. The summed E-state index contributed by atoms with van der Waals surface area (Å²) in [4.78, 5) is 4.68. The Bertz CT molecular complexity index is 898. The Balaban J connectivity index is 0.00000544. The smallest absolute Gasteiger partial charge is 0.203 e. The van der Waals surface area contributed by atoms with Gasteiger partial charge in [-0.3, -0.25) is 0 Å². The first-order valence-corrected chi connectivity index (χ1v) is 10.2. The van der Waals surface area contributed by atoms with Gasteiger partial charge in [0.05, 0.1) is 49.2 Å². The molecule has 10 heteroatoms. The minimum absolute atomic E-state index is 0. The lowest BCUT2D eigenvalue weighted by molar-refractivity contribution is 0.322. The number of aliphatic imine (C=N–C) groups is 1. The fraction of sp³-hybridized carbons (Fsp3) is 0.435. The van der Waals surface area contributed by atoms with Crippen LogP contribution in [0.15, 0.2) is 29.3 Å². The molecule has 33 heavy (non-hydrogen) atoms. The summed E-state index contributed by atoms with van der Waals surface area (Å²) in [5.41, 5.74) is 1.82. The lowest BCUT2D eigenvalue weighted by Gasteiger charge is -2.17. The molecule has 0 bridgehead atoms. The number of methoxy groups -OCH3 is 6. The first-order chi connectivity index (χ1) is 15.6. The molecule has 0 unspecified atom stereocenters. The van der Waals surface area contributed by atoms with Crippen molar-refractivity contribution >= 4 is 29.9 Å². The summed E-state index contributed by atoms with van der Waals surface area (Å²) in [6, 6.07) is 7.53. The minimum Gasteiger partial charge on any atom is -0.493 e. The standard InChI is InChI=1S/C23H33N3O6.HI/c1-8-24-23(25-13-15-11-18(28-3)21(31-6)19(12-15)29-4)26-14-16-9-10-17(27-2)22(32-7)20(16)30-5;/h9-12H,8,13-14H2,1-7H3,(H2,24,25,26);1H. The van der Waals surface area contributed by atoms with Crippen LogP contribution in [0.25, 0.3) is 0 Å². The van der Waals surface area contributed by atoms with E-state index in [9.17, 15) is 0 Å². The molecule has 0 aliphatic heterocycles. The van der Waals surface area contributed by atoms with Crippen molar-refractivity contribution in [2.75, 3.05) is 49.2 Å². The van der Waals surface area contributed by atoms with Crippen molar-refractivity contribution in [1.82, 2.24) is 10.6 Å². The summed E-state index contributed by atoms with van der Waals surface area (Å²) in [7, 11) is 9.53. The van der Waals surface area contributed by atoms with E-state index in [1.165, 1.54) is 0 Å². The number of nitrogens with one attached hydrogen (secondary N) is 2. The van der Waals surface area contributed by atoms with Crippen LogP contribution >= 0.6 is 24.0 Å². The maximum Gasteiger partial charge on any atom is 0.203 e. The fourth-order valence-electron chi connectivity index (χ4n) is 3.22. The van der Waals surface area contributed by atoms with E-state index in [-0.39, 0.29) is 24.0 Å². The molecule has 184 valence electrons. The van der Waals surface area contributed by atoms with Gasteiger partial charge in [-0.25, -0.2) is 4.99 Å². The molecule has 0 aromatic heterocycles. The van der Waals surface area contributed by atoms with E-state index < -0.39 is 0 Å². The van der Waals surface area contributed by atoms with E-state index in [0.29, 0.717) is 60.1 Å². The second-order valence-corrected chi connectivity index (χ2v) is 6.58. The minimum atomic E-state index is 0. The van der Waals surface area contributed by atoms with Gasteiger partial charge in [-0.05, 0) is 36.8 Å². The number of benzene rings is 2. The van der Waals surface area contributed by atoms with E-state index in [4.69, 9.17) is 28.4 Å². The van der Waals surface area contributed by atoms with Crippen LogP contribution in [0.2, 0.25) is 0 Å². The molecule has 0 saturated carbocycles. The van der Waals surface area contributed by atoms with Crippen LogP contribution < -0.4 is 39.1 Å². The molecule has 2 N–H and O–H groups in total. The van der Waals surface area contributed by atoms with Gasteiger partial charge in [0.2, 0.25) is 11.5 Å². The van der Waals surface area contributed by atoms with Crippen molar-refractivity contribution in [3.05, 3.63) is 35.4 Å². The van der Waals surface area contributed by atoms with E-state index in [2.05, 4.69) is 15.6 Å². The van der Waals surface area contributed by atoms with Crippen molar-refractivity contribution in [2.45, 2.75) is 20.0 Å². The maximum atomic E-state index is 5.56. The second-order valence-electron chi connectivity index (χ2n) is 6.58. The van der Waals surface area contributed by atoms with Crippen LogP contribution in [0.4, 0.5) is 0 Å². The van der Waals surface area contributed by atoms with Crippen LogP contribution in [0, 0.1) is 0 Å². The highest BCUT2D eigenvalue weighted by Crippen LogP contribution is 2.40. The van der Waals surface area contributed by atoms with Gasteiger partial charge in [-0.15, -0.1) is 24.0 Å². The molecule has 0 amide bonds. The first kappa shape index (κ1) is 28.3. The molecular formula is C23H34IN3O6. The van der Waals surface area contributed by atoms with Gasteiger partial charge in [0.25, 0.3) is 0 Å². The molecule has 0 radical (unpaired) electrons. The van der Waals surface area contributed by atoms with Gasteiger partial charge in [0.15, 0.2) is 29.0 Å². The van der Waals surface area contributed by atoms with Gasteiger partial charge in [0.1, 0.15) is 0 Å². The first-order valence-electron chi connectivity index (χ1n) is 10.2. The number of guanidine groups is 1. The van der Waals surface area contributed by atoms with Crippen LogP contribution in [-0.2, 0) is 13.1 Å². The van der Waals surface area contributed by atoms with E-state index in [1.54, 1.807) is 42.7 Å². The Morgan fingerprint density at radius 3 is 1.79 bits per heavy atom. The van der Waals surface area contributed by atoms with Crippen LogP contribution in [-0.4, -0.2) is 55.2 Å². The third-order valence-electron chi connectivity index (χ3n) is 4.72. The Morgan fingerprint density at radius 2 is 1.30 bits per heavy atom. The Morgan fingerprint density at radius 1 is 0.727 bits per heavy atom. The van der Waals surface area contributed by atoms with Crippen molar-refractivity contribution < 1.29 is 28.4 Å². The van der Waals surface area contributed by atoms with Crippen molar-refractivity contribution in [3.63, 3.8) is 0 Å². The topological polar surface area (TPSA) is 91.8 Å². The highest BCUT2D eigenvalue weighted by molar-refractivity contribution is 14.0. The summed E-state index contributed by atoms with van der Waals surface area (Å²) in [5, 5.41) is 6.57. The molecule has 0 heterocycles. The van der Waals surface area contributed by atoms with Gasteiger partial charge in [-0.1, -0.05) is 0 Å². The summed E-state index contributed by atoms with van der Waals surface area (Å²) in [6.45, 7) is 3.61. The van der Waals surface area contributed by atoms with E-state index >= 15 is 0 Å². The van der Waals surface area contributed by atoms with Gasteiger partial charge >= 0.3 is 0 Å². The van der Waals surface area contributed by atoms with Gasteiger partial charge in [-0.2, -0.15) is 0 Å². The summed E-state index contributed by atoms with van der Waals surface area (Å²) < 4.78 is 32.6. The van der Waals surface area contributed by atoms with Gasteiger partial charge < -0.3 is 39.1 Å². The summed E-state index contributed by atoms with van der Waals surface area (Å²) in [5.74, 6) is 4.14. The molecule has 9 nitrogen and oxygen atoms in total. The van der Waals surface area contributed by atoms with Crippen molar-refractivity contribution in [1.29, 1.82) is 0 Å². The lowest BCUT2D eigenvalue weighted by atomic mass is 10.1. The van der Waals surface area contributed by atoms with Crippen LogP contribution in [0.5, 0.6) is 34.5 Å². The molecule has 2 aromatic rings. The molecule has 0 aliphatic carbocycles. The largest absolute Gasteiger partial charge is 0.493 e. The molecule has 0 spiro atoms. The van der Waals surface area contributed by atoms with Gasteiger partial charge in [0, 0.05) is 18.7 Å². The number of ether oxygens (including phenoxy) is 6. The molecule has 0 saturated heterocycles. The molecule has 0 fully saturated rings. The SMILES string of the molecule is CCNC(=NCc1cc(OC)c(OC)c(OC)c1)NCc1ccc(OC)c(OC)c1OC.I. The number of hydrogen-bond donors (Lipinski definition) is 2. The maximum absolute atomic E-state index is 5.56. The monoisotopic (exact) mass is 575 g/mol. The number of halogens is 1. The van der Waals surface area contributed by atoms with Crippen LogP contribution in [0.3, 0.4) is 0 Å². The zero-order valence-corrected chi connectivity index (χ0v) is 22.6. The average molecular weight is 575 g/mol. The second kappa shape index (κ2) is 14.4. The zero-order chi connectivity index (χ0) is 23.5. The Hall–Kier alpha value is -2.76. The summed E-state index contributed by atoms with van der Waals surface area (Å²) in [6.07, 6.45) is 0. The van der Waals surface area contributed by atoms with Crippen molar-refractivity contribution in [2.24, 2.45) is 4.99 Å². The highest BCUT2D eigenvalue weighted by Gasteiger charge is 2.16. The highest BCUT2D eigenvalue weighted by atomic mass is 127. The predicted octanol–water partition coefficient (Wildman–Crippen LogP) is 3.61. The molecule has 0 atom stereocenters. The quantitative estimate of drug-likeness (QED) is 0.239. The molecular weight excluding hydrogens is 541 g/mol. The molecule has 2 aromatic carbocycles. The predicted molar refractivity (Wildman–Crippen MR) is 139 cm³/mol. The number of rotatable bonds is 11. The Kier molecular flexibility index (Phi) is 12.3. The Labute approximate surface area is 212 Å². The third kappa shape index (κ3) is 7.11. The van der Waals surface area contributed by atoms with Crippen molar-refractivity contribution in [3.8, 4) is 34.5 Å². The zero-order valence-electron chi connectivity index (χ0n) is 20.2. The number of hydrogen-bond acceptors (Lipinski definition) is 7. The number of nitrogens with zero attached hydrogens (tertiary/aromatic N) is 1. The van der Waals surface area contributed by atoms with E-state index in [0.717, 1.165) is 11.1 Å². The molecule has 0 aliphatic rings. The van der Waals surface area contributed by atoms with Crippen LogP contribution in [0.1, 0.15) is 18.1 Å². The average Bonchev–Trinajstić information content (AvgIpc) is 2.83. The normalized spacial score (nSPS) is 10.6. The fourth-order valence-corrected chi connectivity index (χ4v) is 3.22. The molecule has 2 rings (SSSR count).